The first kappa shape index (κ1) is 13.4. The Morgan fingerprint density at radius 3 is 2.58 bits per heavy atom. The number of aliphatic carboxylic acids is 1. The van der Waals surface area contributed by atoms with Crippen molar-refractivity contribution in [2.45, 2.75) is 19.3 Å². The van der Waals surface area contributed by atoms with Gasteiger partial charge in [0.2, 0.25) is 0 Å². The molecule has 1 heterocycles. The number of carboxylic acids is 1. The Morgan fingerprint density at radius 2 is 2.11 bits per heavy atom. The number of benzene rings is 1. The molecule has 2 rings (SSSR count). The zero-order valence-corrected chi connectivity index (χ0v) is 11.1. The van der Waals surface area contributed by atoms with E-state index < -0.39 is 5.97 Å². The summed E-state index contributed by atoms with van der Waals surface area (Å²) in [6.45, 7) is 1.82. The number of rotatable bonds is 4. The average molecular weight is 280 g/mol. The van der Waals surface area contributed by atoms with Crippen molar-refractivity contribution in [1.82, 2.24) is 10.2 Å². The quantitative estimate of drug-likeness (QED) is 0.802. The van der Waals surface area contributed by atoms with Crippen LogP contribution in [0.4, 0.5) is 5.82 Å². The van der Waals surface area contributed by atoms with Gasteiger partial charge in [0.1, 0.15) is 5.82 Å². The lowest BCUT2D eigenvalue weighted by Gasteiger charge is -2.16. The molecule has 0 radical (unpaired) electrons. The number of aryl methyl sites for hydroxylation is 1. The molecular weight excluding hydrogens is 266 g/mol. The predicted molar refractivity (Wildman–Crippen MR) is 73.3 cm³/mol. The number of H-pyrrole nitrogens is 1. The summed E-state index contributed by atoms with van der Waals surface area (Å²) in [6.07, 6.45) is -0.0494. The second kappa shape index (κ2) is 5.32. The third-order valence-corrected chi connectivity index (χ3v) is 3.28. The maximum absolute atomic E-state index is 11.1. The van der Waals surface area contributed by atoms with Gasteiger partial charge in [-0.2, -0.15) is 5.10 Å². The highest BCUT2D eigenvalue weighted by atomic mass is 35.5. The Hall–Kier alpha value is -2.01. The minimum absolute atomic E-state index is 0.0494. The van der Waals surface area contributed by atoms with Gasteiger partial charge in [-0.15, -0.1) is 0 Å². The van der Waals surface area contributed by atoms with E-state index in [9.17, 15) is 4.79 Å². The Kier molecular flexibility index (Phi) is 3.76. The van der Waals surface area contributed by atoms with Crippen molar-refractivity contribution in [2.75, 3.05) is 5.73 Å². The fraction of sp³-hybridized carbons (Fsp3) is 0.231. The second-order valence-electron chi connectivity index (χ2n) is 4.35. The van der Waals surface area contributed by atoms with Gasteiger partial charge < -0.3 is 10.8 Å². The summed E-state index contributed by atoms with van der Waals surface area (Å²) in [5.74, 6) is -0.896. The van der Waals surface area contributed by atoms with Crippen LogP contribution in [0.15, 0.2) is 24.3 Å². The lowest BCUT2D eigenvalue weighted by atomic mass is 9.88. The number of nitrogens with one attached hydrogen (secondary N) is 1. The molecule has 0 saturated carbocycles. The first-order valence-electron chi connectivity index (χ1n) is 5.76. The van der Waals surface area contributed by atoms with Crippen molar-refractivity contribution in [1.29, 1.82) is 0 Å². The maximum Gasteiger partial charge on any atom is 0.304 e. The van der Waals surface area contributed by atoms with E-state index in [2.05, 4.69) is 10.2 Å². The number of hydrogen-bond donors (Lipinski definition) is 3. The van der Waals surface area contributed by atoms with E-state index >= 15 is 0 Å². The number of carbonyl (C=O) groups is 1. The molecule has 0 aliphatic heterocycles. The minimum Gasteiger partial charge on any atom is -0.481 e. The summed E-state index contributed by atoms with van der Waals surface area (Å²) < 4.78 is 0. The van der Waals surface area contributed by atoms with E-state index in [0.717, 1.165) is 16.8 Å². The molecule has 1 atom stereocenters. The van der Waals surface area contributed by atoms with Crippen LogP contribution in [-0.4, -0.2) is 21.3 Å². The van der Waals surface area contributed by atoms with Crippen LogP contribution in [-0.2, 0) is 4.79 Å². The second-order valence-corrected chi connectivity index (χ2v) is 4.79. The molecule has 1 aromatic heterocycles. The summed E-state index contributed by atoms with van der Waals surface area (Å²) in [7, 11) is 0. The van der Waals surface area contributed by atoms with Gasteiger partial charge in [0.05, 0.1) is 6.42 Å². The topological polar surface area (TPSA) is 92.0 Å². The molecule has 0 bridgehead atoms. The van der Waals surface area contributed by atoms with Gasteiger partial charge >= 0.3 is 5.97 Å². The molecule has 1 aromatic carbocycles. The summed E-state index contributed by atoms with van der Waals surface area (Å²) in [6, 6.07) is 7.08. The number of hydrogen-bond acceptors (Lipinski definition) is 3. The number of carboxylic acid groups (broad SMARTS) is 1. The van der Waals surface area contributed by atoms with Crippen LogP contribution in [0, 0.1) is 6.92 Å². The van der Waals surface area contributed by atoms with Crippen LogP contribution in [0.25, 0.3) is 0 Å². The number of halogens is 1. The molecule has 0 aliphatic carbocycles. The van der Waals surface area contributed by atoms with E-state index in [4.69, 9.17) is 22.4 Å². The molecule has 100 valence electrons. The molecule has 4 N–H and O–H groups in total. The molecule has 19 heavy (non-hydrogen) atoms. The number of nitrogens with zero attached hydrogens (tertiary/aromatic N) is 1. The zero-order valence-electron chi connectivity index (χ0n) is 10.4. The highest BCUT2D eigenvalue weighted by Gasteiger charge is 2.23. The largest absolute Gasteiger partial charge is 0.481 e. The Labute approximate surface area is 115 Å². The molecule has 0 amide bonds. The number of nitrogens with two attached hydrogens (primary N) is 1. The molecule has 0 saturated heterocycles. The van der Waals surface area contributed by atoms with Crippen molar-refractivity contribution in [3.05, 3.63) is 46.1 Å². The first-order chi connectivity index (χ1) is 8.99. The van der Waals surface area contributed by atoms with Gasteiger partial charge in [-0.1, -0.05) is 23.7 Å². The summed E-state index contributed by atoms with van der Waals surface area (Å²) in [4.78, 5) is 11.1. The van der Waals surface area contributed by atoms with Gasteiger partial charge in [-0.3, -0.25) is 9.89 Å². The van der Waals surface area contributed by atoms with Crippen LogP contribution in [0.1, 0.15) is 29.2 Å². The third-order valence-electron chi connectivity index (χ3n) is 3.02. The number of aromatic nitrogens is 2. The fourth-order valence-corrected chi connectivity index (χ4v) is 2.28. The van der Waals surface area contributed by atoms with Crippen LogP contribution < -0.4 is 5.73 Å². The third kappa shape index (κ3) is 2.88. The standard InChI is InChI=1S/C13H14ClN3O2/c1-7-12(13(15)17-16-7)10(6-11(18)19)8-2-4-9(14)5-3-8/h2-5,10H,6H2,1H3,(H,18,19)(H3,15,16,17). The van der Waals surface area contributed by atoms with E-state index in [1.54, 1.807) is 12.1 Å². The monoisotopic (exact) mass is 279 g/mol. The van der Waals surface area contributed by atoms with Crippen LogP contribution in [0.5, 0.6) is 0 Å². The average Bonchev–Trinajstić information content (AvgIpc) is 2.67. The first-order valence-corrected chi connectivity index (χ1v) is 6.14. The predicted octanol–water partition coefficient (Wildman–Crippen LogP) is 2.56. The zero-order chi connectivity index (χ0) is 14.0. The van der Waals surface area contributed by atoms with Gasteiger partial charge in [0.25, 0.3) is 0 Å². The normalized spacial score (nSPS) is 12.3. The SMILES string of the molecule is Cc1[nH]nc(N)c1C(CC(=O)O)c1ccc(Cl)cc1. The van der Waals surface area contributed by atoms with Crippen molar-refractivity contribution in [3.8, 4) is 0 Å². The van der Waals surface area contributed by atoms with Crippen LogP contribution in [0.3, 0.4) is 0 Å². The van der Waals surface area contributed by atoms with Crippen molar-refractivity contribution < 1.29 is 9.90 Å². The Bertz CT molecular complexity index is 573. The Morgan fingerprint density at radius 1 is 1.47 bits per heavy atom. The van der Waals surface area contributed by atoms with E-state index in [-0.39, 0.29) is 12.3 Å². The minimum atomic E-state index is -0.889. The van der Waals surface area contributed by atoms with Crippen LogP contribution in [0.2, 0.25) is 5.02 Å². The van der Waals surface area contributed by atoms with Crippen LogP contribution >= 0.6 is 11.6 Å². The van der Waals surface area contributed by atoms with Crippen molar-refractivity contribution in [3.63, 3.8) is 0 Å². The lowest BCUT2D eigenvalue weighted by Crippen LogP contribution is -2.10. The molecule has 2 aromatic rings. The number of nitrogen functional groups attached to an aromatic ring is 1. The molecule has 0 spiro atoms. The van der Waals surface area contributed by atoms with Gasteiger partial charge in [-0.05, 0) is 24.6 Å². The smallest absolute Gasteiger partial charge is 0.304 e. The van der Waals surface area contributed by atoms with E-state index in [1.165, 1.54) is 0 Å². The maximum atomic E-state index is 11.1. The molecule has 6 heteroatoms. The number of anilines is 1. The van der Waals surface area contributed by atoms with E-state index in [0.29, 0.717) is 10.8 Å². The lowest BCUT2D eigenvalue weighted by molar-refractivity contribution is -0.137. The van der Waals surface area contributed by atoms with Gasteiger partial charge in [0.15, 0.2) is 0 Å². The molecule has 1 unspecified atom stereocenters. The fourth-order valence-electron chi connectivity index (χ4n) is 2.15. The van der Waals surface area contributed by atoms with Gasteiger partial charge in [0, 0.05) is 22.2 Å². The van der Waals surface area contributed by atoms with Crippen molar-refractivity contribution >= 4 is 23.4 Å². The highest BCUT2D eigenvalue weighted by molar-refractivity contribution is 6.30. The van der Waals surface area contributed by atoms with E-state index in [1.807, 2.05) is 19.1 Å². The summed E-state index contributed by atoms with van der Waals surface area (Å²) in [5, 5.41) is 16.4. The van der Waals surface area contributed by atoms with Crippen molar-refractivity contribution in [2.24, 2.45) is 0 Å². The molecular formula is C13H14ClN3O2. The molecule has 5 nitrogen and oxygen atoms in total. The highest BCUT2D eigenvalue weighted by Crippen LogP contribution is 2.33. The van der Waals surface area contributed by atoms with Gasteiger partial charge in [-0.25, -0.2) is 0 Å². The Balaban J connectivity index is 2.47. The molecule has 0 fully saturated rings. The summed E-state index contributed by atoms with van der Waals surface area (Å²) >= 11 is 5.85. The molecule has 0 aliphatic rings. The summed E-state index contributed by atoms with van der Waals surface area (Å²) in [5.41, 5.74) is 8.18. The number of aromatic amines is 1.